The van der Waals surface area contributed by atoms with Crippen LogP contribution in [-0.4, -0.2) is 26.2 Å². The molecule has 1 aliphatic rings. The van der Waals surface area contributed by atoms with E-state index in [1.807, 2.05) is 12.1 Å². The Morgan fingerprint density at radius 3 is 2.50 bits per heavy atom. The first kappa shape index (κ1) is 14.4. The number of nitrogens with zero attached hydrogens (tertiary/aromatic N) is 1. The molecule has 0 saturated carbocycles. The Hall–Kier alpha value is -2.01. The molecule has 0 bridgehead atoms. The SMILES string of the molecule is COC(=O)C1=C(C)NC(OC)=NC1c1ccc(Cl)cc1. The Balaban J connectivity index is 2.48. The first-order chi connectivity index (χ1) is 9.56. The van der Waals surface area contributed by atoms with Crippen LogP contribution in [0.3, 0.4) is 0 Å². The van der Waals surface area contributed by atoms with Crippen LogP contribution in [0.4, 0.5) is 0 Å². The van der Waals surface area contributed by atoms with Gasteiger partial charge in [-0.2, -0.15) is 0 Å². The summed E-state index contributed by atoms with van der Waals surface area (Å²) in [5.41, 5.74) is 1.95. The van der Waals surface area contributed by atoms with E-state index in [2.05, 4.69) is 10.3 Å². The van der Waals surface area contributed by atoms with Gasteiger partial charge in [0.1, 0.15) is 6.04 Å². The number of halogens is 1. The molecule has 1 aromatic rings. The molecule has 1 N–H and O–H groups in total. The van der Waals surface area contributed by atoms with E-state index >= 15 is 0 Å². The van der Waals surface area contributed by atoms with Crippen molar-refractivity contribution in [1.82, 2.24) is 5.32 Å². The first-order valence-electron chi connectivity index (χ1n) is 6.00. The summed E-state index contributed by atoms with van der Waals surface area (Å²) in [7, 11) is 2.86. The van der Waals surface area contributed by atoms with Crippen molar-refractivity contribution in [1.29, 1.82) is 0 Å². The summed E-state index contributed by atoms with van der Waals surface area (Å²) >= 11 is 5.88. The molecule has 0 amide bonds. The number of aliphatic imine (C=N–C) groups is 1. The summed E-state index contributed by atoms with van der Waals surface area (Å²) < 4.78 is 9.96. The predicted octanol–water partition coefficient (Wildman–Crippen LogP) is 2.43. The van der Waals surface area contributed by atoms with Gasteiger partial charge in [0, 0.05) is 10.7 Å². The van der Waals surface area contributed by atoms with E-state index in [4.69, 9.17) is 21.1 Å². The third-order valence-corrected chi connectivity index (χ3v) is 3.25. The van der Waals surface area contributed by atoms with Crippen molar-refractivity contribution in [2.75, 3.05) is 14.2 Å². The molecule has 1 aromatic carbocycles. The molecule has 0 radical (unpaired) electrons. The largest absolute Gasteiger partial charge is 0.468 e. The van der Waals surface area contributed by atoms with Gasteiger partial charge in [-0.1, -0.05) is 23.7 Å². The van der Waals surface area contributed by atoms with Gasteiger partial charge in [-0.15, -0.1) is 0 Å². The Kier molecular flexibility index (Phi) is 4.29. The van der Waals surface area contributed by atoms with Crippen LogP contribution in [0, 0.1) is 0 Å². The monoisotopic (exact) mass is 294 g/mol. The number of amidine groups is 1. The fraction of sp³-hybridized carbons (Fsp3) is 0.286. The van der Waals surface area contributed by atoms with E-state index in [1.54, 1.807) is 19.1 Å². The van der Waals surface area contributed by atoms with Crippen molar-refractivity contribution in [2.24, 2.45) is 4.99 Å². The van der Waals surface area contributed by atoms with E-state index in [0.29, 0.717) is 22.3 Å². The van der Waals surface area contributed by atoms with Crippen LogP contribution in [0.25, 0.3) is 0 Å². The molecule has 6 heteroatoms. The molecule has 20 heavy (non-hydrogen) atoms. The van der Waals surface area contributed by atoms with Gasteiger partial charge >= 0.3 is 5.97 Å². The topological polar surface area (TPSA) is 59.9 Å². The van der Waals surface area contributed by atoms with Gasteiger partial charge in [-0.25, -0.2) is 9.79 Å². The molecule has 1 unspecified atom stereocenters. The molecule has 0 spiro atoms. The lowest BCUT2D eigenvalue weighted by Crippen LogP contribution is -2.32. The molecule has 0 fully saturated rings. The minimum atomic E-state index is -0.476. The summed E-state index contributed by atoms with van der Waals surface area (Å²) in [5.74, 6) is -0.422. The average Bonchev–Trinajstić information content (AvgIpc) is 2.46. The molecule has 1 heterocycles. The number of carbonyl (C=O) groups is 1. The normalized spacial score (nSPS) is 18.2. The van der Waals surface area contributed by atoms with Crippen LogP contribution < -0.4 is 5.32 Å². The third kappa shape index (κ3) is 2.77. The van der Waals surface area contributed by atoms with Crippen molar-refractivity contribution >= 4 is 23.6 Å². The Labute approximate surface area is 122 Å². The van der Waals surface area contributed by atoms with E-state index in [9.17, 15) is 4.79 Å². The number of esters is 1. The lowest BCUT2D eigenvalue weighted by atomic mass is 9.96. The predicted molar refractivity (Wildman–Crippen MR) is 76.5 cm³/mol. The molecule has 0 saturated heterocycles. The van der Waals surface area contributed by atoms with Gasteiger partial charge in [0.05, 0.1) is 19.8 Å². The third-order valence-electron chi connectivity index (χ3n) is 3.00. The standard InChI is InChI=1S/C14H15ClN2O3/c1-8-11(13(18)19-2)12(17-14(16-8)20-3)9-4-6-10(15)7-5-9/h4-7,12H,1-3H3,(H,16,17). The molecule has 2 rings (SSSR count). The number of hydrogen-bond acceptors (Lipinski definition) is 5. The quantitative estimate of drug-likeness (QED) is 0.851. The lowest BCUT2D eigenvalue weighted by molar-refractivity contribution is -0.136. The Bertz CT molecular complexity index is 579. The van der Waals surface area contributed by atoms with Crippen LogP contribution in [0.5, 0.6) is 0 Å². The highest BCUT2D eigenvalue weighted by atomic mass is 35.5. The molecular formula is C14H15ClN2O3. The van der Waals surface area contributed by atoms with Crippen molar-refractivity contribution in [3.63, 3.8) is 0 Å². The van der Waals surface area contributed by atoms with E-state index in [-0.39, 0.29) is 0 Å². The summed E-state index contributed by atoms with van der Waals surface area (Å²) in [6, 6.07) is 7.04. The van der Waals surface area contributed by atoms with Crippen molar-refractivity contribution in [3.8, 4) is 0 Å². The maximum absolute atomic E-state index is 12.0. The fourth-order valence-electron chi connectivity index (χ4n) is 2.01. The summed E-state index contributed by atoms with van der Waals surface area (Å²) in [5, 5.41) is 3.55. The number of ether oxygens (including phenoxy) is 2. The molecular weight excluding hydrogens is 280 g/mol. The number of carbonyl (C=O) groups excluding carboxylic acids is 1. The van der Waals surface area contributed by atoms with E-state index in [1.165, 1.54) is 14.2 Å². The zero-order chi connectivity index (χ0) is 14.7. The van der Waals surface area contributed by atoms with E-state index in [0.717, 1.165) is 5.56 Å². The molecule has 5 nitrogen and oxygen atoms in total. The van der Waals surface area contributed by atoms with Crippen LogP contribution in [0.15, 0.2) is 40.5 Å². The summed E-state index contributed by atoms with van der Waals surface area (Å²) in [6.07, 6.45) is 0. The Morgan fingerprint density at radius 2 is 1.95 bits per heavy atom. The zero-order valence-electron chi connectivity index (χ0n) is 11.4. The minimum Gasteiger partial charge on any atom is -0.468 e. The summed E-state index contributed by atoms with van der Waals surface area (Å²) in [4.78, 5) is 16.3. The smallest absolute Gasteiger partial charge is 0.338 e. The van der Waals surface area contributed by atoms with Gasteiger partial charge < -0.3 is 14.8 Å². The first-order valence-corrected chi connectivity index (χ1v) is 6.38. The van der Waals surface area contributed by atoms with Crippen LogP contribution >= 0.6 is 11.6 Å². The maximum Gasteiger partial charge on any atom is 0.338 e. The lowest BCUT2D eigenvalue weighted by Gasteiger charge is -2.24. The van der Waals surface area contributed by atoms with Crippen molar-refractivity contribution < 1.29 is 14.3 Å². The minimum absolute atomic E-state index is 0.357. The van der Waals surface area contributed by atoms with Crippen LogP contribution in [-0.2, 0) is 14.3 Å². The van der Waals surface area contributed by atoms with Crippen molar-refractivity contribution in [3.05, 3.63) is 46.1 Å². The Morgan fingerprint density at radius 1 is 1.30 bits per heavy atom. The molecule has 1 atom stereocenters. The van der Waals surface area contributed by atoms with Gasteiger partial charge in [0.25, 0.3) is 6.02 Å². The number of hydrogen-bond donors (Lipinski definition) is 1. The van der Waals surface area contributed by atoms with Gasteiger partial charge in [-0.3, -0.25) is 0 Å². The zero-order valence-corrected chi connectivity index (χ0v) is 12.2. The number of nitrogens with one attached hydrogen (secondary N) is 1. The number of allylic oxidation sites excluding steroid dienone is 1. The van der Waals surface area contributed by atoms with Crippen LogP contribution in [0.1, 0.15) is 18.5 Å². The summed E-state index contributed by atoms with van der Waals surface area (Å²) in [6.45, 7) is 1.78. The second kappa shape index (κ2) is 5.96. The number of benzene rings is 1. The van der Waals surface area contributed by atoms with Crippen molar-refractivity contribution in [2.45, 2.75) is 13.0 Å². The molecule has 1 aliphatic heterocycles. The van der Waals surface area contributed by atoms with Gasteiger partial charge in [-0.05, 0) is 24.6 Å². The fourth-order valence-corrected chi connectivity index (χ4v) is 2.14. The van der Waals surface area contributed by atoms with Crippen LogP contribution in [0.2, 0.25) is 5.02 Å². The molecule has 0 aromatic heterocycles. The molecule has 0 aliphatic carbocycles. The average molecular weight is 295 g/mol. The van der Waals surface area contributed by atoms with Gasteiger partial charge in [0.2, 0.25) is 0 Å². The highest BCUT2D eigenvalue weighted by Crippen LogP contribution is 2.31. The second-order valence-electron chi connectivity index (χ2n) is 4.25. The van der Waals surface area contributed by atoms with E-state index < -0.39 is 12.0 Å². The van der Waals surface area contributed by atoms with Gasteiger partial charge in [0.15, 0.2) is 0 Å². The number of methoxy groups -OCH3 is 2. The highest BCUT2D eigenvalue weighted by molar-refractivity contribution is 6.30. The highest BCUT2D eigenvalue weighted by Gasteiger charge is 2.30. The second-order valence-corrected chi connectivity index (χ2v) is 4.68. The maximum atomic E-state index is 12.0. The number of rotatable bonds is 2. The molecule has 106 valence electrons.